The van der Waals surface area contributed by atoms with Gasteiger partial charge in [-0.05, 0) is 72.1 Å². The van der Waals surface area contributed by atoms with Crippen molar-refractivity contribution in [2.24, 2.45) is 4.99 Å². The molecule has 1 N–H and O–H groups in total. The number of nitrogens with zero attached hydrogens (tertiary/aromatic N) is 5. The lowest BCUT2D eigenvalue weighted by molar-refractivity contribution is -0.274. The molecule has 0 saturated carbocycles. The molecule has 0 atom stereocenters. The number of anilines is 2. The fourth-order valence-corrected chi connectivity index (χ4v) is 5.50. The van der Waals surface area contributed by atoms with Gasteiger partial charge in [-0.25, -0.2) is 14.5 Å². The first kappa shape index (κ1) is 29.6. The third-order valence-electron chi connectivity index (χ3n) is 6.65. The van der Waals surface area contributed by atoms with Crippen molar-refractivity contribution in [1.82, 2.24) is 14.8 Å². The Morgan fingerprint density at radius 1 is 0.933 bits per heavy atom. The number of aliphatic imine (C=N–C) groups is 1. The number of amidine groups is 1. The number of para-hydroxylation sites is 1. The number of benzene rings is 4. The van der Waals surface area contributed by atoms with Crippen LogP contribution in [0.15, 0.2) is 114 Å². The minimum absolute atomic E-state index is 0.158. The SMILES string of the molecule is O=C(/N=C1\SCC(=O)N1c1ccccc1Cc1ccccc1)Nc1ccc(-c2ncn(-c3ccc(OC(F)(F)F)cc3)n2)cc1. The van der Waals surface area contributed by atoms with Crippen molar-refractivity contribution in [2.75, 3.05) is 16.0 Å². The van der Waals surface area contributed by atoms with E-state index in [0.29, 0.717) is 40.0 Å². The number of halogens is 3. The van der Waals surface area contributed by atoms with Gasteiger partial charge in [0.1, 0.15) is 12.1 Å². The van der Waals surface area contributed by atoms with Crippen LogP contribution in [0.4, 0.5) is 29.3 Å². The number of nitrogens with one attached hydrogen (secondary N) is 1. The summed E-state index contributed by atoms with van der Waals surface area (Å²) in [6, 6.07) is 28.8. The zero-order valence-corrected chi connectivity index (χ0v) is 24.1. The summed E-state index contributed by atoms with van der Waals surface area (Å²) in [7, 11) is 0. The van der Waals surface area contributed by atoms with Gasteiger partial charge in [-0.1, -0.05) is 60.3 Å². The monoisotopic (exact) mass is 628 g/mol. The molecule has 6 rings (SSSR count). The van der Waals surface area contributed by atoms with E-state index < -0.39 is 12.4 Å². The molecular formula is C32H23F3N6O3S. The summed E-state index contributed by atoms with van der Waals surface area (Å²) in [5, 5.41) is 7.40. The van der Waals surface area contributed by atoms with Gasteiger partial charge < -0.3 is 10.1 Å². The second-order valence-electron chi connectivity index (χ2n) is 9.77. The van der Waals surface area contributed by atoms with E-state index in [1.165, 1.54) is 51.9 Å². The highest BCUT2D eigenvalue weighted by molar-refractivity contribution is 8.15. The maximum atomic E-state index is 12.9. The van der Waals surface area contributed by atoms with E-state index in [4.69, 9.17) is 0 Å². The summed E-state index contributed by atoms with van der Waals surface area (Å²) in [4.78, 5) is 35.8. The Kier molecular flexibility index (Phi) is 8.34. The normalized spacial score (nSPS) is 14.2. The molecule has 1 fully saturated rings. The molecule has 3 amide bonds. The largest absolute Gasteiger partial charge is 0.573 e. The quantitative estimate of drug-likeness (QED) is 0.207. The summed E-state index contributed by atoms with van der Waals surface area (Å²) < 4.78 is 42.6. The van der Waals surface area contributed by atoms with E-state index in [-0.39, 0.29) is 17.4 Å². The van der Waals surface area contributed by atoms with E-state index in [9.17, 15) is 22.8 Å². The number of ether oxygens (including phenoxy) is 1. The summed E-state index contributed by atoms with van der Waals surface area (Å²) in [5.41, 5.74) is 4.33. The van der Waals surface area contributed by atoms with Gasteiger partial charge in [0.15, 0.2) is 11.0 Å². The van der Waals surface area contributed by atoms with E-state index in [1.54, 1.807) is 24.3 Å². The molecule has 0 bridgehead atoms. The molecule has 5 aromatic rings. The molecule has 4 aromatic carbocycles. The molecule has 1 aliphatic heterocycles. The van der Waals surface area contributed by atoms with Crippen LogP contribution in [0.5, 0.6) is 5.75 Å². The van der Waals surface area contributed by atoms with E-state index in [2.05, 4.69) is 25.1 Å². The van der Waals surface area contributed by atoms with Crippen LogP contribution >= 0.6 is 11.8 Å². The molecule has 1 aromatic heterocycles. The molecule has 9 nitrogen and oxygen atoms in total. The van der Waals surface area contributed by atoms with Crippen molar-refractivity contribution in [3.63, 3.8) is 0 Å². The molecular weight excluding hydrogens is 605 g/mol. The Balaban J connectivity index is 1.13. The molecule has 1 saturated heterocycles. The number of hydrogen-bond donors (Lipinski definition) is 1. The minimum atomic E-state index is -4.77. The van der Waals surface area contributed by atoms with Crippen LogP contribution in [0.25, 0.3) is 17.1 Å². The van der Waals surface area contributed by atoms with Gasteiger partial charge in [0.25, 0.3) is 0 Å². The molecule has 0 radical (unpaired) electrons. The lowest BCUT2D eigenvalue weighted by atomic mass is 10.0. The lowest BCUT2D eigenvalue weighted by Crippen LogP contribution is -2.31. The predicted octanol–water partition coefficient (Wildman–Crippen LogP) is 7.09. The Hall–Kier alpha value is -5.43. The van der Waals surface area contributed by atoms with Gasteiger partial charge in [-0.3, -0.25) is 9.69 Å². The van der Waals surface area contributed by atoms with Gasteiger partial charge >= 0.3 is 12.4 Å². The van der Waals surface area contributed by atoms with Gasteiger partial charge in [0.05, 0.1) is 17.1 Å². The zero-order chi connectivity index (χ0) is 31.4. The van der Waals surface area contributed by atoms with E-state index >= 15 is 0 Å². The lowest BCUT2D eigenvalue weighted by Gasteiger charge is -2.20. The Morgan fingerprint density at radius 2 is 1.64 bits per heavy atom. The second kappa shape index (κ2) is 12.7. The maximum absolute atomic E-state index is 12.9. The molecule has 13 heteroatoms. The van der Waals surface area contributed by atoms with E-state index in [1.807, 2.05) is 54.6 Å². The van der Waals surface area contributed by atoms with Crippen LogP contribution in [-0.2, 0) is 11.2 Å². The van der Waals surface area contributed by atoms with Crippen molar-refractivity contribution in [3.05, 3.63) is 121 Å². The first-order valence-corrected chi connectivity index (χ1v) is 14.6. The van der Waals surface area contributed by atoms with Gasteiger partial charge in [0.2, 0.25) is 5.91 Å². The van der Waals surface area contributed by atoms with Crippen molar-refractivity contribution < 1.29 is 27.5 Å². The molecule has 0 spiro atoms. The average Bonchev–Trinajstić information content (AvgIpc) is 3.65. The Morgan fingerprint density at radius 3 is 2.38 bits per heavy atom. The van der Waals surface area contributed by atoms with Crippen molar-refractivity contribution >= 4 is 40.2 Å². The summed E-state index contributed by atoms with van der Waals surface area (Å²) >= 11 is 1.20. The number of carbonyl (C=O) groups excluding carboxylic acids is 2. The third-order valence-corrected chi connectivity index (χ3v) is 7.58. The van der Waals surface area contributed by atoms with Crippen LogP contribution in [-0.4, -0.2) is 44.0 Å². The highest BCUT2D eigenvalue weighted by Crippen LogP contribution is 2.31. The van der Waals surface area contributed by atoms with Crippen LogP contribution in [0, 0.1) is 0 Å². The second-order valence-corrected chi connectivity index (χ2v) is 10.7. The first-order chi connectivity index (χ1) is 21.7. The number of thioether (sulfide) groups is 1. The van der Waals surface area contributed by atoms with Crippen LogP contribution < -0.4 is 15.0 Å². The smallest absolute Gasteiger partial charge is 0.406 e. The molecule has 2 heterocycles. The number of urea groups is 1. The molecule has 226 valence electrons. The van der Waals surface area contributed by atoms with Crippen molar-refractivity contribution in [2.45, 2.75) is 12.8 Å². The van der Waals surface area contributed by atoms with Crippen LogP contribution in [0.1, 0.15) is 11.1 Å². The minimum Gasteiger partial charge on any atom is -0.406 e. The zero-order valence-electron chi connectivity index (χ0n) is 23.3. The highest BCUT2D eigenvalue weighted by atomic mass is 32.2. The number of alkyl halides is 3. The molecule has 1 aliphatic rings. The van der Waals surface area contributed by atoms with Crippen molar-refractivity contribution in [1.29, 1.82) is 0 Å². The van der Waals surface area contributed by atoms with Crippen LogP contribution in [0.2, 0.25) is 0 Å². The third kappa shape index (κ3) is 7.21. The van der Waals surface area contributed by atoms with Gasteiger partial charge in [-0.2, -0.15) is 4.99 Å². The van der Waals surface area contributed by atoms with Gasteiger partial charge in [0, 0.05) is 11.3 Å². The molecule has 45 heavy (non-hydrogen) atoms. The predicted molar refractivity (Wildman–Crippen MR) is 166 cm³/mol. The van der Waals surface area contributed by atoms with Gasteiger partial charge in [-0.15, -0.1) is 18.3 Å². The molecule has 0 aliphatic carbocycles. The number of hydrogen-bond acceptors (Lipinski definition) is 6. The van der Waals surface area contributed by atoms with Crippen molar-refractivity contribution in [3.8, 4) is 22.8 Å². The van der Waals surface area contributed by atoms with Crippen LogP contribution in [0.3, 0.4) is 0 Å². The topological polar surface area (TPSA) is 102 Å². The Labute approximate surface area is 259 Å². The summed E-state index contributed by atoms with van der Waals surface area (Å²) in [5.74, 6) is 0.0439. The fourth-order valence-electron chi connectivity index (χ4n) is 4.64. The maximum Gasteiger partial charge on any atom is 0.573 e. The van der Waals surface area contributed by atoms with E-state index in [0.717, 1.165) is 11.1 Å². The average molecular weight is 629 g/mol. The standard InChI is InChI=1S/C32H23F3N6O3S/c33-32(34,35)44-26-16-14-25(15-17-26)40-20-36-29(39-40)22-10-12-24(13-11-22)37-30(43)38-31-41(28(42)19-45-31)27-9-5-4-8-23(27)18-21-6-2-1-3-7-21/h1-17,20H,18-19H2,(H,37,43)/b38-31-. The number of carbonyl (C=O) groups is 2. The summed E-state index contributed by atoms with van der Waals surface area (Å²) in [6.45, 7) is 0. The fraction of sp³-hybridized carbons (Fsp3) is 0.0938. The number of rotatable bonds is 7. The molecule has 0 unspecified atom stereocenters. The highest BCUT2D eigenvalue weighted by Gasteiger charge is 2.32. The number of amides is 3. The number of aromatic nitrogens is 3. The Bertz CT molecular complexity index is 1860. The first-order valence-electron chi connectivity index (χ1n) is 13.6. The summed E-state index contributed by atoms with van der Waals surface area (Å²) in [6.07, 6.45) is -2.72.